The Kier molecular flexibility index (Phi) is 4.92. The molecule has 2 N–H and O–H groups in total. The van der Waals surface area contributed by atoms with Gasteiger partial charge in [0.05, 0.1) is 12.1 Å². The summed E-state index contributed by atoms with van der Waals surface area (Å²) in [6, 6.07) is 7.71. The molecule has 2 rings (SSSR count). The number of aromatic nitrogens is 1. The summed E-state index contributed by atoms with van der Waals surface area (Å²) in [4.78, 5) is 27.9. The number of amides is 1. The predicted octanol–water partition coefficient (Wildman–Crippen LogP) is 3.34. The van der Waals surface area contributed by atoms with Crippen molar-refractivity contribution in [1.29, 1.82) is 0 Å². The number of rotatable bonds is 5. The van der Waals surface area contributed by atoms with Crippen molar-refractivity contribution in [2.45, 2.75) is 27.2 Å². The number of aryl methyl sites for hydroxylation is 1. The summed E-state index contributed by atoms with van der Waals surface area (Å²) in [5.41, 5.74) is 2.58. The van der Waals surface area contributed by atoms with Crippen LogP contribution in [0.4, 0.5) is 5.13 Å². The van der Waals surface area contributed by atoms with E-state index < -0.39 is 5.97 Å². The molecule has 0 unspecified atom stereocenters. The highest BCUT2D eigenvalue weighted by Crippen LogP contribution is 2.32. The van der Waals surface area contributed by atoms with E-state index in [4.69, 9.17) is 5.11 Å². The molecule has 0 aliphatic carbocycles. The van der Waals surface area contributed by atoms with E-state index in [1.165, 1.54) is 11.3 Å². The van der Waals surface area contributed by atoms with Crippen LogP contribution in [0.15, 0.2) is 24.3 Å². The first kappa shape index (κ1) is 16.2. The standard InChI is InChI=1S/C16H18N2O3S/c1-9(2)15(21)18-16-17-14(12(22-16)8-13(19)20)11-6-4-10(3)5-7-11/h4-7,9H,8H2,1-3H3,(H,19,20)(H,17,18,21). The number of benzene rings is 1. The zero-order valence-electron chi connectivity index (χ0n) is 12.7. The van der Waals surface area contributed by atoms with E-state index in [0.717, 1.165) is 11.1 Å². The molecule has 0 atom stereocenters. The average molecular weight is 318 g/mol. The first-order valence-corrected chi connectivity index (χ1v) is 7.78. The molecule has 2 aromatic rings. The minimum atomic E-state index is -0.918. The van der Waals surface area contributed by atoms with Crippen LogP contribution in [0.2, 0.25) is 0 Å². The molecule has 0 fully saturated rings. The Labute approximate surface area is 133 Å². The Morgan fingerprint density at radius 3 is 2.45 bits per heavy atom. The average Bonchev–Trinajstić information content (AvgIpc) is 2.81. The number of carbonyl (C=O) groups excluding carboxylic acids is 1. The van der Waals surface area contributed by atoms with Gasteiger partial charge < -0.3 is 10.4 Å². The van der Waals surface area contributed by atoms with Gasteiger partial charge in [0.2, 0.25) is 5.91 Å². The van der Waals surface area contributed by atoms with Crippen LogP contribution in [0, 0.1) is 12.8 Å². The number of carboxylic acids is 1. The minimum absolute atomic E-state index is 0.113. The van der Waals surface area contributed by atoms with Crippen LogP contribution in [-0.4, -0.2) is 22.0 Å². The van der Waals surface area contributed by atoms with Crippen LogP contribution < -0.4 is 5.32 Å². The van der Waals surface area contributed by atoms with E-state index in [0.29, 0.717) is 15.7 Å². The summed E-state index contributed by atoms with van der Waals surface area (Å²) >= 11 is 1.21. The molecule has 0 bridgehead atoms. The minimum Gasteiger partial charge on any atom is -0.481 e. The Morgan fingerprint density at radius 1 is 1.27 bits per heavy atom. The number of carboxylic acid groups (broad SMARTS) is 1. The zero-order chi connectivity index (χ0) is 16.3. The first-order valence-electron chi connectivity index (χ1n) is 6.96. The SMILES string of the molecule is Cc1ccc(-c2nc(NC(=O)C(C)C)sc2CC(=O)O)cc1. The Bertz CT molecular complexity index is 690. The van der Waals surface area contributed by atoms with Gasteiger partial charge in [0.15, 0.2) is 5.13 Å². The van der Waals surface area contributed by atoms with Gasteiger partial charge in [-0.25, -0.2) is 4.98 Å². The molecule has 1 aromatic carbocycles. The molecule has 116 valence electrons. The van der Waals surface area contributed by atoms with Crippen molar-refractivity contribution in [2.75, 3.05) is 5.32 Å². The van der Waals surface area contributed by atoms with Gasteiger partial charge in [-0.15, -0.1) is 11.3 Å². The second-order valence-corrected chi connectivity index (χ2v) is 6.45. The molecule has 22 heavy (non-hydrogen) atoms. The molecular formula is C16H18N2O3S. The lowest BCUT2D eigenvalue weighted by atomic mass is 10.1. The molecule has 0 aliphatic heterocycles. The van der Waals surface area contributed by atoms with Crippen LogP contribution in [0.5, 0.6) is 0 Å². The van der Waals surface area contributed by atoms with Crippen molar-refractivity contribution in [1.82, 2.24) is 4.98 Å². The van der Waals surface area contributed by atoms with E-state index >= 15 is 0 Å². The summed E-state index contributed by atoms with van der Waals surface area (Å²) in [5.74, 6) is -1.21. The first-order chi connectivity index (χ1) is 10.4. The zero-order valence-corrected chi connectivity index (χ0v) is 13.5. The van der Waals surface area contributed by atoms with Gasteiger partial charge in [-0.1, -0.05) is 43.7 Å². The lowest BCUT2D eigenvalue weighted by molar-refractivity contribution is -0.136. The van der Waals surface area contributed by atoms with Crippen LogP contribution in [0.1, 0.15) is 24.3 Å². The fourth-order valence-electron chi connectivity index (χ4n) is 1.85. The fourth-order valence-corrected chi connectivity index (χ4v) is 2.83. The second-order valence-electron chi connectivity index (χ2n) is 5.37. The van der Waals surface area contributed by atoms with Crippen molar-refractivity contribution in [2.24, 2.45) is 5.92 Å². The summed E-state index contributed by atoms with van der Waals surface area (Å²) in [7, 11) is 0. The van der Waals surface area contributed by atoms with E-state index in [1.807, 2.05) is 31.2 Å². The van der Waals surface area contributed by atoms with E-state index in [1.54, 1.807) is 13.8 Å². The molecule has 5 nitrogen and oxygen atoms in total. The number of nitrogens with one attached hydrogen (secondary N) is 1. The van der Waals surface area contributed by atoms with Gasteiger partial charge in [0.25, 0.3) is 0 Å². The fraction of sp³-hybridized carbons (Fsp3) is 0.312. The van der Waals surface area contributed by atoms with Crippen molar-refractivity contribution < 1.29 is 14.7 Å². The van der Waals surface area contributed by atoms with E-state index in [9.17, 15) is 9.59 Å². The van der Waals surface area contributed by atoms with Gasteiger partial charge in [0.1, 0.15) is 0 Å². The number of hydrogen-bond donors (Lipinski definition) is 2. The maximum absolute atomic E-state index is 11.8. The molecule has 1 aromatic heterocycles. The molecule has 0 saturated heterocycles. The summed E-state index contributed by atoms with van der Waals surface area (Å²) in [5, 5.41) is 12.2. The van der Waals surface area contributed by atoms with E-state index in [2.05, 4.69) is 10.3 Å². The molecule has 1 heterocycles. The van der Waals surface area contributed by atoms with Crippen LogP contribution >= 0.6 is 11.3 Å². The number of anilines is 1. The normalized spacial score (nSPS) is 10.7. The maximum atomic E-state index is 11.8. The highest BCUT2D eigenvalue weighted by Gasteiger charge is 2.17. The van der Waals surface area contributed by atoms with Crippen molar-refractivity contribution >= 4 is 28.3 Å². The predicted molar refractivity (Wildman–Crippen MR) is 87.1 cm³/mol. The quantitative estimate of drug-likeness (QED) is 0.886. The second kappa shape index (κ2) is 6.70. The van der Waals surface area contributed by atoms with Crippen molar-refractivity contribution in [3.63, 3.8) is 0 Å². The Morgan fingerprint density at radius 2 is 1.91 bits per heavy atom. The van der Waals surface area contributed by atoms with Gasteiger partial charge >= 0.3 is 5.97 Å². The monoisotopic (exact) mass is 318 g/mol. The molecule has 6 heteroatoms. The van der Waals surface area contributed by atoms with Crippen molar-refractivity contribution in [3.8, 4) is 11.3 Å². The maximum Gasteiger partial charge on any atom is 0.308 e. The molecule has 0 saturated carbocycles. The van der Waals surface area contributed by atoms with Gasteiger partial charge in [-0.2, -0.15) is 0 Å². The number of aliphatic carboxylic acids is 1. The lowest BCUT2D eigenvalue weighted by Gasteiger charge is -2.03. The van der Waals surface area contributed by atoms with Crippen LogP contribution in [-0.2, 0) is 16.0 Å². The van der Waals surface area contributed by atoms with Gasteiger partial charge in [-0.05, 0) is 6.92 Å². The van der Waals surface area contributed by atoms with Crippen LogP contribution in [0.25, 0.3) is 11.3 Å². The molecular weight excluding hydrogens is 300 g/mol. The Balaban J connectivity index is 2.37. The third kappa shape index (κ3) is 3.92. The third-order valence-electron chi connectivity index (χ3n) is 3.09. The number of hydrogen-bond acceptors (Lipinski definition) is 4. The molecule has 0 spiro atoms. The van der Waals surface area contributed by atoms with Crippen molar-refractivity contribution in [3.05, 3.63) is 34.7 Å². The number of carbonyl (C=O) groups is 2. The molecule has 0 aliphatic rings. The highest BCUT2D eigenvalue weighted by molar-refractivity contribution is 7.16. The molecule has 0 radical (unpaired) electrons. The lowest BCUT2D eigenvalue weighted by Crippen LogP contribution is -2.17. The molecule has 1 amide bonds. The highest BCUT2D eigenvalue weighted by atomic mass is 32.1. The van der Waals surface area contributed by atoms with Gasteiger partial charge in [-0.3, -0.25) is 9.59 Å². The smallest absolute Gasteiger partial charge is 0.308 e. The Hall–Kier alpha value is -2.21. The summed E-state index contributed by atoms with van der Waals surface area (Å²) < 4.78 is 0. The number of nitrogens with zero attached hydrogens (tertiary/aromatic N) is 1. The van der Waals surface area contributed by atoms with Crippen LogP contribution in [0.3, 0.4) is 0 Å². The van der Waals surface area contributed by atoms with Gasteiger partial charge in [0, 0.05) is 16.4 Å². The summed E-state index contributed by atoms with van der Waals surface area (Å²) in [6.07, 6.45) is -0.113. The topological polar surface area (TPSA) is 79.3 Å². The summed E-state index contributed by atoms with van der Waals surface area (Å²) in [6.45, 7) is 5.57. The largest absolute Gasteiger partial charge is 0.481 e. The number of thiazole rings is 1. The van der Waals surface area contributed by atoms with E-state index in [-0.39, 0.29) is 18.2 Å². The third-order valence-corrected chi connectivity index (χ3v) is 4.06.